The van der Waals surface area contributed by atoms with Crippen LogP contribution in [0.5, 0.6) is 17.2 Å². The Hall–Kier alpha value is -4.84. The molecule has 0 aliphatic carbocycles. The first-order chi connectivity index (χ1) is 18.7. The number of pyridine rings is 1. The largest absolute Gasteiger partial charge is 0.494 e. The van der Waals surface area contributed by atoms with E-state index in [1.807, 2.05) is 96.5 Å². The molecule has 6 nitrogen and oxygen atoms in total. The summed E-state index contributed by atoms with van der Waals surface area (Å²) in [6.45, 7) is 2.59. The number of ether oxygens (including phenoxy) is 3. The highest BCUT2D eigenvalue weighted by Gasteiger charge is 2.22. The van der Waals surface area contributed by atoms with Crippen LogP contribution in [-0.4, -0.2) is 35.6 Å². The van der Waals surface area contributed by atoms with Crippen LogP contribution in [0.15, 0.2) is 97.1 Å². The summed E-state index contributed by atoms with van der Waals surface area (Å²) >= 11 is 0. The first kappa shape index (κ1) is 23.6. The van der Waals surface area contributed by atoms with Gasteiger partial charge in [0.2, 0.25) is 0 Å². The monoisotopic (exact) mass is 501 g/mol. The molecular weight excluding hydrogens is 474 g/mol. The second-order valence-electron chi connectivity index (χ2n) is 8.83. The highest BCUT2D eigenvalue weighted by molar-refractivity contribution is 6.16. The fourth-order valence-electron chi connectivity index (χ4n) is 4.85. The number of hydrogen-bond donors (Lipinski definition) is 0. The van der Waals surface area contributed by atoms with Crippen molar-refractivity contribution in [2.24, 2.45) is 0 Å². The molecular formula is C32H27N3O3. The lowest BCUT2D eigenvalue weighted by Gasteiger charge is -2.14. The van der Waals surface area contributed by atoms with Crippen LogP contribution < -0.4 is 14.2 Å². The third-order valence-corrected chi connectivity index (χ3v) is 6.61. The van der Waals surface area contributed by atoms with Crippen molar-refractivity contribution in [1.29, 1.82) is 0 Å². The lowest BCUT2D eigenvalue weighted by Crippen LogP contribution is -1.99. The molecule has 0 unspecified atom stereocenters. The summed E-state index contributed by atoms with van der Waals surface area (Å²) in [6, 6.07) is 32.3. The molecule has 0 spiro atoms. The molecule has 4 aromatic carbocycles. The highest BCUT2D eigenvalue weighted by atomic mass is 16.5. The number of nitrogens with zero attached hydrogens (tertiary/aromatic N) is 3. The van der Waals surface area contributed by atoms with Crippen molar-refractivity contribution in [3.8, 4) is 45.5 Å². The first-order valence-corrected chi connectivity index (χ1v) is 12.5. The minimum absolute atomic E-state index is 0.613. The molecule has 6 rings (SSSR count). The van der Waals surface area contributed by atoms with E-state index in [0.717, 1.165) is 55.8 Å². The number of hydrogen-bond acceptors (Lipinski definition) is 5. The second-order valence-corrected chi connectivity index (χ2v) is 8.83. The van der Waals surface area contributed by atoms with E-state index in [-0.39, 0.29) is 0 Å². The molecule has 0 fully saturated rings. The summed E-state index contributed by atoms with van der Waals surface area (Å²) in [6.07, 6.45) is 0. The van der Waals surface area contributed by atoms with Crippen molar-refractivity contribution in [3.63, 3.8) is 0 Å². The van der Waals surface area contributed by atoms with E-state index in [1.165, 1.54) is 0 Å². The average Bonchev–Trinajstić information content (AvgIpc) is 3.37. The van der Waals surface area contributed by atoms with Gasteiger partial charge in [-0.2, -0.15) is 5.10 Å². The maximum Gasteiger partial charge on any atom is 0.164 e. The van der Waals surface area contributed by atoms with Crippen molar-refractivity contribution >= 4 is 21.8 Å². The molecule has 0 amide bonds. The van der Waals surface area contributed by atoms with Gasteiger partial charge in [-0.05, 0) is 55.5 Å². The molecule has 6 heteroatoms. The van der Waals surface area contributed by atoms with Gasteiger partial charge in [0, 0.05) is 21.9 Å². The Morgan fingerprint density at radius 1 is 0.684 bits per heavy atom. The van der Waals surface area contributed by atoms with Crippen molar-refractivity contribution in [1.82, 2.24) is 14.8 Å². The van der Waals surface area contributed by atoms with Crippen molar-refractivity contribution in [2.45, 2.75) is 6.92 Å². The van der Waals surface area contributed by atoms with Crippen LogP contribution in [0.4, 0.5) is 0 Å². The van der Waals surface area contributed by atoms with Crippen LogP contribution >= 0.6 is 0 Å². The number of methoxy groups -OCH3 is 2. The minimum atomic E-state index is 0.613. The molecule has 0 saturated heterocycles. The molecule has 2 heterocycles. The summed E-state index contributed by atoms with van der Waals surface area (Å²) in [7, 11) is 3.30. The van der Waals surface area contributed by atoms with Crippen LogP contribution in [0.2, 0.25) is 0 Å². The molecule has 38 heavy (non-hydrogen) atoms. The van der Waals surface area contributed by atoms with Crippen LogP contribution in [0, 0.1) is 0 Å². The zero-order valence-electron chi connectivity index (χ0n) is 21.5. The summed E-state index contributed by atoms with van der Waals surface area (Å²) < 4.78 is 19.0. The molecule has 0 radical (unpaired) electrons. The van der Waals surface area contributed by atoms with E-state index in [1.54, 1.807) is 14.2 Å². The lowest BCUT2D eigenvalue weighted by molar-refractivity contribution is 0.340. The fraction of sp³-hybridized carbons (Fsp3) is 0.125. The van der Waals surface area contributed by atoms with Gasteiger partial charge in [0.1, 0.15) is 11.4 Å². The van der Waals surface area contributed by atoms with Gasteiger partial charge < -0.3 is 14.2 Å². The van der Waals surface area contributed by atoms with Crippen molar-refractivity contribution in [2.75, 3.05) is 20.8 Å². The van der Waals surface area contributed by atoms with Crippen molar-refractivity contribution < 1.29 is 14.2 Å². The van der Waals surface area contributed by atoms with Gasteiger partial charge in [0.25, 0.3) is 0 Å². The number of fused-ring (bicyclic) bond motifs is 3. The molecule has 188 valence electrons. The van der Waals surface area contributed by atoms with E-state index in [2.05, 4.69) is 12.1 Å². The summed E-state index contributed by atoms with van der Waals surface area (Å²) in [5.41, 5.74) is 5.36. The van der Waals surface area contributed by atoms with E-state index < -0.39 is 0 Å². The van der Waals surface area contributed by atoms with Crippen LogP contribution in [0.1, 0.15) is 6.92 Å². The van der Waals surface area contributed by atoms with E-state index in [4.69, 9.17) is 24.3 Å². The van der Waals surface area contributed by atoms with Gasteiger partial charge in [-0.25, -0.2) is 9.67 Å². The molecule has 0 aliphatic heterocycles. The quantitative estimate of drug-likeness (QED) is 0.229. The van der Waals surface area contributed by atoms with Gasteiger partial charge in [0.15, 0.2) is 17.1 Å². The number of para-hydroxylation sites is 1. The van der Waals surface area contributed by atoms with Crippen LogP contribution in [0.3, 0.4) is 0 Å². The maximum atomic E-state index is 5.73. The van der Waals surface area contributed by atoms with E-state index >= 15 is 0 Å². The SMILES string of the molecule is CCOc1ccc(-c2nc3c(c(-c4ccccc4)nn3-c3ccccc3)c3cc(OC)c(OC)cc23)cc1. The van der Waals surface area contributed by atoms with Gasteiger partial charge in [-0.3, -0.25) is 0 Å². The van der Waals surface area contributed by atoms with Gasteiger partial charge in [-0.15, -0.1) is 0 Å². The third kappa shape index (κ3) is 4.00. The second kappa shape index (κ2) is 9.90. The predicted molar refractivity (Wildman–Crippen MR) is 152 cm³/mol. The Morgan fingerprint density at radius 2 is 1.29 bits per heavy atom. The van der Waals surface area contributed by atoms with Gasteiger partial charge >= 0.3 is 0 Å². The third-order valence-electron chi connectivity index (χ3n) is 6.61. The molecule has 6 aromatic rings. The zero-order valence-corrected chi connectivity index (χ0v) is 21.5. The lowest BCUT2D eigenvalue weighted by atomic mass is 9.98. The molecule has 0 saturated carbocycles. The molecule has 2 aromatic heterocycles. The highest BCUT2D eigenvalue weighted by Crippen LogP contribution is 2.43. The van der Waals surface area contributed by atoms with Crippen LogP contribution in [0.25, 0.3) is 50.0 Å². The maximum absolute atomic E-state index is 5.73. The summed E-state index contributed by atoms with van der Waals surface area (Å²) in [5, 5.41) is 8.00. The van der Waals surface area contributed by atoms with Gasteiger partial charge in [0.05, 0.1) is 37.6 Å². The van der Waals surface area contributed by atoms with Gasteiger partial charge in [-0.1, -0.05) is 48.5 Å². The normalized spacial score (nSPS) is 11.1. The number of rotatable bonds is 7. The summed E-state index contributed by atoms with van der Waals surface area (Å²) in [4.78, 5) is 5.27. The molecule has 0 aliphatic rings. The predicted octanol–water partition coefficient (Wildman–Crippen LogP) is 7.32. The summed E-state index contributed by atoms with van der Waals surface area (Å²) in [5.74, 6) is 2.11. The van der Waals surface area contributed by atoms with E-state index in [0.29, 0.717) is 18.1 Å². The Balaban J connectivity index is 1.75. The average molecular weight is 502 g/mol. The topological polar surface area (TPSA) is 58.4 Å². The Morgan fingerprint density at radius 3 is 1.92 bits per heavy atom. The Labute approximate surface area is 221 Å². The minimum Gasteiger partial charge on any atom is -0.494 e. The first-order valence-electron chi connectivity index (χ1n) is 12.5. The molecule has 0 atom stereocenters. The zero-order chi connectivity index (χ0) is 26.1. The number of aromatic nitrogens is 3. The standard InChI is InChI=1S/C32H27N3O3/c1-4-38-24-17-15-22(16-18-24)30-26-20-28(37-3)27(36-2)19-25(26)29-31(21-11-7-5-8-12-21)34-35(32(29)33-30)23-13-9-6-10-14-23/h5-20H,4H2,1-3H3. The Bertz CT molecular complexity index is 1730. The molecule has 0 bridgehead atoms. The fourth-order valence-corrected chi connectivity index (χ4v) is 4.85. The molecule has 0 N–H and O–H groups in total. The van der Waals surface area contributed by atoms with Crippen molar-refractivity contribution in [3.05, 3.63) is 97.1 Å². The Kier molecular flexibility index (Phi) is 6.14. The number of benzene rings is 4. The van der Waals surface area contributed by atoms with Crippen LogP contribution in [-0.2, 0) is 0 Å². The van der Waals surface area contributed by atoms with E-state index in [9.17, 15) is 0 Å². The smallest absolute Gasteiger partial charge is 0.164 e.